The van der Waals surface area contributed by atoms with E-state index in [0.717, 1.165) is 0 Å². The molecule has 74 valence electrons. The van der Waals surface area contributed by atoms with Crippen molar-refractivity contribution in [2.24, 2.45) is 5.73 Å². The first-order chi connectivity index (χ1) is 6.11. The van der Waals surface area contributed by atoms with Gasteiger partial charge in [-0.05, 0) is 19.4 Å². The molecule has 0 aliphatic rings. The highest BCUT2D eigenvalue weighted by Gasteiger charge is 2.14. The van der Waals surface area contributed by atoms with Crippen LogP contribution in [0.1, 0.15) is 19.8 Å². The van der Waals surface area contributed by atoms with E-state index < -0.39 is 12.0 Å². The van der Waals surface area contributed by atoms with Gasteiger partial charge in [0, 0.05) is 6.42 Å². The maximum absolute atomic E-state index is 11.0. The Kier molecular flexibility index (Phi) is 5.80. The van der Waals surface area contributed by atoms with Crippen molar-refractivity contribution < 1.29 is 14.3 Å². The molecule has 1 unspecified atom stereocenters. The summed E-state index contributed by atoms with van der Waals surface area (Å²) < 4.78 is 4.67. The summed E-state index contributed by atoms with van der Waals surface area (Å²) >= 11 is 0. The summed E-state index contributed by atoms with van der Waals surface area (Å²) in [6, 6.07) is -0.705. The lowest BCUT2D eigenvalue weighted by atomic mass is 10.1. The maximum Gasteiger partial charge on any atom is 0.322 e. The number of allylic oxidation sites excluding steroid dienone is 1. The number of hydrogen-bond acceptors (Lipinski definition) is 4. The van der Waals surface area contributed by atoms with Crippen LogP contribution in [0.2, 0.25) is 0 Å². The molecule has 0 heterocycles. The monoisotopic (exact) mass is 185 g/mol. The quantitative estimate of drug-likeness (QED) is 0.480. The average Bonchev–Trinajstić information content (AvgIpc) is 2.13. The molecule has 0 radical (unpaired) electrons. The van der Waals surface area contributed by atoms with Crippen molar-refractivity contribution in [2.75, 3.05) is 6.61 Å². The molecule has 13 heavy (non-hydrogen) atoms. The van der Waals surface area contributed by atoms with Crippen molar-refractivity contribution in [3.05, 3.63) is 12.7 Å². The van der Waals surface area contributed by atoms with Gasteiger partial charge < -0.3 is 10.5 Å². The number of esters is 1. The fraction of sp³-hybridized carbons (Fsp3) is 0.556. The SMILES string of the molecule is C=CC(=O)CCC(N)C(=O)OCC. The molecule has 1 atom stereocenters. The number of carbonyl (C=O) groups is 2. The summed E-state index contributed by atoms with van der Waals surface area (Å²) in [6.45, 7) is 5.33. The topological polar surface area (TPSA) is 69.4 Å². The van der Waals surface area contributed by atoms with Gasteiger partial charge in [-0.15, -0.1) is 0 Å². The van der Waals surface area contributed by atoms with E-state index in [9.17, 15) is 9.59 Å². The highest BCUT2D eigenvalue weighted by atomic mass is 16.5. The summed E-state index contributed by atoms with van der Waals surface area (Å²) in [6.07, 6.45) is 1.77. The zero-order valence-electron chi connectivity index (χ0n) is 7.79. The smallest absolute Gasteiger partial charge is 0.322 e. The molecule has 0 rings (SSSR count). The molecule has 0 aromatic carbocycles. The van der Waals surface area contributed by atoms with Crippen LogP contribution in [0.25, 0.3) is 0 Å². The van der Waals surface area contributed by atoms with Gasteiger partial charge in [0.2, 0.25) is 0 Å². The first kappa shape index (κ1) is 11.8. The zero-order chi connectivity index (χ0) is 10.3. The lowest BCUT2D eigenvalue weighted by Gasteiger charge is -2.08. The first-order valence-corrected chi connectivity index (χ1v) is 4.19. The van der Waals surface area contributed by atoms with Gasteiger partial charge in [0.1, 0.15) is 6.04 Å². The second kappa shape index (κ2) is 6.37. The van der Waals surface area contributed by atoms with Crippen LogP contribution in [-0.2, 0) is 14.3 Å². The number of ether oxygens (including phenoxy) is 1. The van der Waals surface area contributed by atoms with Crippen LogP contribution in [0.3, 0.4) is 0 Å². The molecule has 2 N–H and O–H groups in total. The van der Waals surface area contributed by atoms with Gasteiger partial charge in [0.15, 0.2) is 5.78 Å². The van der Waals surface area contributed by atoms with Crippen molar-refractivity contribution in [3.8, 4) is 0 Å². The Bertz CT molecular complexity index is 201. The summed E-state index contributed by atoms with van der Waals surface area (Å²) in [5.74, 6) is -0.570. The summed E-state index contributed by atoms with van der Waals surface area (Å²) in [7, 11) is 0. The number of carbonyl (C=O) groups excluding carboxylic acids is 2. The second-order valence-electron chi connectivity index (χ2n) is 2.57. The van der Waals surface area contributed by atoms with Gasteiger partial charge in [-0.25, -0.2) is 0 Å². The van der Waals surface area contributed by atoms with E-state index in [1.54, 1.807) is 6.92 Å². The molecule has 0 aromatic rings. The van der Waals surface area contributed by atoms with E-state index in [2.05, 4.69) is 11.3 Å². The van der Waals surface area contributed by atoms with Crippen LogP contribution < -0.4 is 5.73 Å². The van der Waals surface area contributed by atoms with E-state index in [1.807, 2.05) is 0 Å². The summed E-state index contributed by atoms with van der Waals surface area (Å²) in [5, 5.41) is 0. The predicted molar refractivity (Wildman–Crippen MR) is 49.0 cm³/mol. The van der Waals surface area contributed by atoms with Gasteiger partial charge in [0.25, 0.3) is 0 Å². The number of hydrogen-bond donors (Lipinski definition) is 1. The fourth-order valence-corrected chi connectivity index (χ4v) is 0.767. The third kappa shape index (κ3) is 5.14. The minimum absolute atomic E-state index is 0.111. The van der Waals surface area contributed by atoms with E-state index >= 15 is 0 Å². The van der Waals surface area contributed by atoms with E-state index in [0.29, 0.717) is 13.0 Å². The van der Waals surface area contributed by atoms with Gasteiger partial charge in [-0.3, -0.25) is 9.59 Å². The third-order valence-corrected chi connectivity index (χ3v) is 1.52. The third-order valence-electron chi connectivity index (χ3n) is 1.52. The minimum atomic E-state index is -0.705. The molecule has 0 aliphatic carbocycles. The molecule has 4 nitrogen and oxygen atoms in total. The summed E-state index contributed by atoms with van der Waals surface area (Å²) in [5.41, 5.74) is 5.45. The van der Waals surface area contributed by atoms with Crippen LogP contribution in [0, 0.1) is 0 Å². The Balaban J connectivity index is 3.73. The molecule has 0 aliphatic heterocycles. The molecule has 0 bridgehead atoms. The van der Waals surface area contributed by atoms with Crippen LogP contribution >= 0.6 is 0 Å². The van der Waals surface area contributed by atoms with Crippen LogP contribution in [0.15, 0.2) is 12.7 Å². The van der Waals surface area contributed by atoms with Crippen LogP contribution in [-0.4, -0.2) is 24.4 Å². The summed E-state index contributed by atoms with van der Waals surface area (Å²) in [4.78, 5) is 21.7. The predicted octanol–water partition coefficient (Wildman–Crippen LogP) is 0.412. The first-order valence-electron chi connectivity index (χ1n) is 4.19. The maximum atomic E-state index is 11.0. The molecule has 0 fully saturated rings. The molecule has 0 aromatic heterocycles. The van der Waals surface area contributed by atoms with Gasteiger partial charge in [-0.2, -0.15) is 0 Å². The number of ketones is 1. The average molecular weight is 185 g/mol. The Morgan fingerprint density at radius 3 is 2.69 bits per heavy atom. The molecule has 0 spiro atoms. The van der Waals surface area contributed by atoms with Gasteiger partial charge in [-0.1, -0.05) is 6.58 Å². The van der Waals surface area contributed by atoms with E-state index in [4.69, 9.17) is 5.73 Å². The Hall–Kier alpha value is -1.16. The molecular formula is C9H15NO3. The van der Waals surface area contributed by atoms with Crippen LogP contribution in [0.4, 0.5) is 0 Å². The number of nitrogens with two attached hydrogens (primary N) is 1. The van der Waals surface area contributed by atoms with E-state index in [1.165, 1.54) is 6.08 Å². The van der Waals surface area contributed by atoms with Crippen molar-refractivity contribution in [2.45, 2.75) is 25.8 Å². The molecule has 0 saturated heterocycles. The lowest BCUT2D eigenvalue weighted by Crippen LogP contribution is -2.32. The molecular weight excluding hydrogens is 170 g/mol. The Morgan fingerprint density at radius 1 is 1.62 bits per heavy atom. The highest BCUT2D eigenvalue weighted by Crippen LogP contribution is 1.98. The molecule has 0 saturated carbocycles. The largest absolute Gasteiger partial charge is 0.465 e. The molecule has 0 amide bonds. The van der Waals surface area contributed by atoms with Gasteiger partial charge >= 0.3 is 5.97 Å². The van der Waals surface area contributed by atoms with Gasteiger partial charge in [0.05, 0.1) is 6.61 Å². The highest BCUT2D eigenvalue weighted by molar-refractivity contribution is 5.89. The van der Waals surface area contributed by atoms with Crippen molar-refractivity contribution in [1.29, 1.82) is 0 Å². The Labute approximate surface area is 77.7 Å². The minimum Gasteiger partial charge on any atom is -0.465 e. The fourth-order valence-electron chi connectivity index (χ4n) is 0.767. The van der Waals surface area contributed by atoms with Crippen molar-refractivity contribution in [1.82, 2.24) is 0 Å². The molecule has 4 heteroatoms. The van der Waals surface area contributed by atoms with E-state index in [-0.39, 0.29) is 12.2 Å². The van der Waals surface area contributed by atoms with Crippen molar-refractivity contribution in [3.63, 3.8) is 0 Å². The normalized spacial score (nSPS) is 11.8. The standard InChI is InChI=1S/C9H15NO3/c1-3-7(11)5-6-8(10)9(12)13-4-2/h3,8H,1,4-6,10H2,2H3. The second-order valence-corrected chi connectivity index (χ2v) is 2.57. The van der Waals surface area contributed by atoms with Crippen LogP contribution in [0.5, 0.6) is 0 Å². The zero-order valence-corrected chi connectivity index (χ0v) is 7.79. The van der Waals surface area contributed by atoms with Crippen molar-refractivity contribution >= 4 is 11.8 Å². The Morgan fingerprint density at radius 2 is 2.23 bits per heavy atom. The number of rotatable bonds is 6. The lowest BCUT2D eigenvalue weighted by molar-refractivity contribution is -0.144.